The van der Waals surface area contributed by atoms with Crippen LogP contribution in [0.5, 0.6) is 0 Å². The molecule has 0 saturated carbocycles. The van der Waals surface area contributed by atoms with Crippen LogP contribution in [-0.2, 0) is 5.60 Å². The number of hydrogen-bond acceptors (Lipinski definition) is 7. The molecule has 0 aliphatic heterocycles. The number of fused-ring (bicyclic) bond motifs is 1. The van der Waals surface area contributed by atoms with E-state index in [1.807, 2.05) is 41.9 Å². The van der Waals surface area contributed by atoms with Gasteiger partial charge in [-0.2, -0.15) is 15.9 Å². The lowest BCUT2D eigenvalue weighted by Gasteiger charge is -2.21. The predicted octanol–water partition coefficient (Wildman–Crippen LogP) is 3.07. The number of anilines is 1. The number of nitrogens with one attached hydrogen (secondary N) is 1. The first-order valence-corrected chi connectivity index (χ1v) is 8.75. The van der Waals surface area contributed by atoms with Gasteiger partial charge in [-0.1, -0.05) is 0 Å². The van der Waals surface area contributed by atoms with E-state index in [-0.39, 0.29) is 6.54 Å². The third kappa shape index (κ3) is 3.01. The van der Waals surface area contributed by atoms with Crippen LogP contribution in [0.15, 0.2) is 45.5 Å². The molecule has 1 unspecified atom stereocenters. The Bertz CT molecular complexity index is 1000. The highest BCUT2D eigenvalue weighted by atomic mass is 32.1. The molecule has 4 heterocycles. The number of thiophene rings is 1. The Morgan fingerprint density at radius 2 is 2.12 bits per heavy atom. The normalized spacial score (nSPS) is 13.9. The van der Waals surface area contributed by atoms with E-state index in [9.17, 15) is 5.11 Å². The zero-order chi connectivity index (χ0) is 17.4. The molecule has 4 aromatic heterocycles. The van der Waals surface area contributed by atoms with Gasteiger partial charge in [0.05, 0.1) is 6.54 Å². The Morgan fingerprint density at radius 1 is 1.24 bits per heavy atom. The summed E-state index contributed by atoms with van der Waals surface area (Å²) in [5.74, 6) is 2.59. The van der Waals surface area contributed by atoms with Crippen LogP contribution in [0.4, 0.5) is 5.82 Å². The standard InChI is InChI=1S/C17H17N5O2S/c1-11-3-4-13(24-11)17(2,23)10-18-14-5-6-15-19-20-16(22(15)21-14)12-7-8-25-9-12/h3-9,23H,10H2,1-2H3,(H,18,21). The van der Waals surface area contributed by atoms with Crippen LogP contribution in [0.3, 0.4) is 0 Å². The minimum absolute atomic E-state index is 0.258. The van der Waals surface area contributed by atoms with Crippen LogP contribution in [0.2, 0.25) is 0 Å². The second-order valence-corrected chi connectivity index (χ2v) is 6.84. The van der Waals surface area contributed by atoms with Crippen molar-refractivity contribution in [3.05, 3.63) is 52.6 Å². The molecule has 0 bridgehead atoms. The molecule has 4 aromatic rings. The van der Waals surface area contributed by atoms with E-state index in [1.54, 1.807) is 28.8 Å². The molecule has 1 atom stereocenters. The summed E-state index contributed by atoms with van der Waals surface area (Å²) in [6.07, 6.45) is 0. The molecule has 0 aliphatic carbocycles. The highest BCUT2D eigenvalue weighted by Gasteiger charge is 2.26. The van der Waals surface area contributed by atoms with Crippen molar-refractivity contribution in [2.75, 3.05) is 11.9 Å². The van der Waals surface area contributed by atoms with E-state index in [2.05, 4.69) is 20.6 Å². The average Bonchev–Trinajstić information content (AvgIpc) is 3.32. The molecule has 0 aliphatic rings. The second-order valence-electron chi connectivity index (χ2n) is 6.06. The number of hydrogen-bond donors (Lipinski definition) is 2. The maximum absolute atomic E-state index is 10.6. The predicted molar refractivity (Wildman–Crippen MR) is 95.6 cm³/mol. The van der Waals surface area contributed by atoms with Crippen molar-refractivity contribution in [3.63, 3.8) is 0 Å². The minimum Gasteiger partial charge on any atom is -0.463 e. The molecule has 7 nitrogen and oxygen atoms in total. The van der Waals surface area contributed by atoms with Crippen molar-refractivity contribution >= 4 is 22.8 Å². The van der Waals surface area contributed by atoms with Gasteiger partial charge in [0.2, 0.25) is 0 Å². The average molecular weight is 355 g/mol. The first kappa shape index (κ1) is 15.8. The Hall–Kier alpha value is -2.71. The molecule has 8 heteroatoms. The number of aliphatic hydroxyl groups is 1. The Balaban J connectivity index is 1.59. The van der Waals surface area contributed by atoms with Gasteiger partial charge in [-0.3, -0.25) is 0 Å². The van der Waals surface area contributed by atoms with Gasteiger partial charge >= 0.3 is 0 Å². The van der Waals surface area contributed by atoms with Crippen molar-refractivity contribution in [2.24, 2.45) is 0 Å². The maximum atomic E-state index is 10.6. The molecular formula is C17H17N5O2S. The largest absolute Gasteiger partial charge is 0.463 e. The quantitative estimate of drug-likeness (QED) is 0.572. The molecule has 128 valence electrons. The van der Waals surface area contributed by atoms with Crippen LogP contribution in [0.1, 0.15) is 18.4 Å². The van der Waals surface area contributed by atoms with Crippen molar-refractivity contribution < 1.29 is 9.52 Å². The molecule has 0 amide bonds. The van der Waals surface area contributed by atoms with Crippen molar-refractivity contribution in [1.82, 2.24) is 19.8 Å². The van der Waals surface area contributed by atoms with Gasteiger partial charge in [0.15, 0.2) is 11.5 Å². The highest BCUT2D eigenvalue weighted by molar-refractivity contribution is 7.08. The van der Waals surface area contributed by atoms with Crippen molar-refractivity contribution in [2.45, 2.75) is 19.4 Å². The van der Waals surface area contributed by atoms with Crippen LogP contribution in [0, 0.1) is 6.92 Å². The lowest BCUT2D eigenvalue weighted by Crippen LogP contribution is -2.30. The zero-order valence-electron chi connectivity index (χ0n) is 13.8. The lowest BCUT2D eigenvalue weighted by molar-refractivity contribution is 0.0467. The van der Waals surface area contributed by atoms with Gasteiger partial charge in [-0.05, 0) is 49.6 Å². The van der Waals surface area contributed by atoms with Gasteiger partial charge in [0.25, 0.3) is 0 Å². The van der Waals surface area contributed by atoms with Crippen molar-refractivity contribution in [3.8, 4) is 11.4 Å². The molecule has 0 spiro atoms. The van der Waals surface area contributed by atoms with Crippen LogP contribution >= 0.6 is 11.3 Å². The number of nitrogens with zero attached hydrogens (tertiary/aromatic N) is 4. The van der Waals surface area contributed by atoms with Gasteiger partial charge in [0, 0.05) is 10.9 Å². The summed E-state index contributed by atoms with van der Waals surface area (Å²) in [6, 6.07) is 9.24. The maximum Gasteiger partial charge on any atom is 0.186 e. The monoisotopic (exact) mass is 355 g/mol. The Morgan fingerprint density at radius 3 is 2.84 bits per heavy atom. The van der Waals surface area contributed by atoms with Gasteiger partial charge in [0.1, 0.15) is 22.9 Å². The van der Waals surface area contributed by atoms with Gasteiger partial charge in [-0.25, -0.2) is 0 Å². The summed E-state index contributed by atoms with van der Waals surface area (Å²) in [5, 5.41) is 30.6. The number of furan rings is 1. The zero-order valence-corrected chi connectivity index (χ0v) is 14.6. The van der Waals surface area contributed by atoms with Crippen LogP contribution in [-0.4, -0.2) is 31.5 Å². The summed E-state index contributed by atoms with van der Waals surface area (Å²) in [5.41, 5.74) is 0.495. The molecule has 2 N–H and O–H groups in total. The highest BCUT2D eigenvalue weighted by Crippen LogP contribution is 2.24. The summed E-state index contributed by atoms with van der Waals surface area (Å²) in [7, 11) is 0. The number of rotatable bonds is 5. The van der Waals surface area contributed by atoms with E-state index in [4.69, 9.17) is 4.42 Å². The lowest BCUT2D eigenvalue weighted by atomic mass is 10.0. The van der Waals surface area contributed by atoms with Crippen LogP contribution in [0.25, 0.3) is 17.0 Å². The second kappa shape index (κ2) is 5.98. The minimum atomic E-state index is -1.14. The smallest absolute Gasteiger partial charge is 0.186 e. The summed E-state index contributed by atoms with van der Waals surface area (Å²) >= 11 is 1.60. The Kier molecular flexibility index (Phi) is 3.78. The molecule has 25 heavy (non-hydrogen) atoms. The summed E-state index contributed by atoms with van der Waals surface area (Å²) < 4.78 is 7.22. The van der Waals surface area contributed by atoms with E-state index >= 15 is 0 Å². The first-order valence-electron chi connectivity index (χ1n) is 7.81. The van der Waals surface area contributed by atoms with E-state index in [0.717, 1.165) is 11.3 Å². The topological polar surface area (TPSA) is 88.5 Å². The molecule has 4 rings (SSSR count). The molecule has 0 fully saturated rings. The first-order chi connectivity index (χ1) is 12.0. The molecule has 0 radical (unpaired) electrons. The number of aromatic nitrogens is 4. The fourth-order valence-electron chi connectivity index (χ4n) is 2.53. The van der Waals surface area contributed by atoms with Gasteiger partial charge < -0.3 is 14.8 Å². The summed E-state index contributed by atoms with van der Waals surface area (Å²) in [4.78, 5) is 0. The molecule has 0 aromatic carbocycles. The third-order valence-electron chi connectivity index (χ3n) is 3.93. The van der Waals surface area contributed by atoms with Crippen LogP contribution < -0.4 is 5.32 Å². The van der Waals surface area contributed by atoms with E-state index < -0.39 is 5.60 Å². The van der Waals surface area contributed by atoms with Crippen molar-refractivity contribution in [1.29, 1.82) is 0 Å². The third-order valence-corrected chi connectivity index (χ3v) is 4.61. The molecular weight excluding hydrogens is 338 g/mol. The summed E-state index contributed by atoms with van der Waals surface area (Å²) in [6.45, 7) is 3.81. The fraction of sp³-hybridized carbons (Fsp3) is 0.235. The Labute approximate surface area is 147 Å². The number of aryl methyl sites for hydroxylation is 1. The van der Waals surface area contributed by atoms with E-state index in [0.29, 0.717) is 23.0 Å². The SMILES string of the molecule is Cc1ccc(C(C)(O)CNc2ccc3nnc(-c4ccsc4)n3n2)o1. The van der Waals surface area contributed by atoms with Gasteiger partial charge in [-0.15, -0.1) is 15.3 Å². The molecule has 0 saturated heterocycles. The van der Waals surface area contributed by atoms with E-state index in [1.165, 1.54) is 0 Å². The fourth-order valence-corrected chi connectivity index (χ4v) is 3.16.